The topological polar surface area (TPSA) is 63.2 Å². The molecule has 0 amide bonds. The molecule has 0 bridgehead atoms. The molecule has 0 aliphatic carbocycles. The highest BCUT2D eigenvalue weighted by molar-refractivity contribution is 5.76. The van der Waals surface area contributed by atoms with Gasteiger partial charge in [0.25, 0.3) is 5.88 Å². The number of aryl methyl sites for hydroxylation is 1. The Morgan fingerprint density at radius 2 is 1.71 bits per heavy atom. The molecule has 1 N–H and O–H groups in total. The third-order valence-electron chi connectivity index (χ3n) is 4.86. The smallest absolute Gasteiger partial charge is 0.257 e. The molecule has 2 aromatic heterocycles. The highest BCUT2D eigenvalue weighted by Gasteiger charge is 2.21. The Hall–Kier alpha value is -2.37. The molecule has 0 saturated carbocycles. The van der Waals surface area contributed by atoms with E-state index in [1.165, 1.54) is 0 Å². The van der Waals surface area contributed by atoms with Crippen molar-refractivity contribution in [1.82, 2.24) is 15.0 Å². The van der Waals surface area contributed by atoms with Crippen LogP contribution < -0.4 is 15.0 Å². The summed E-state index contributed by atoms with van der Waals surface area (Å²) in [5, 5.41) is 3.16. The molecule has 0 aliphatic rings. The Balaban J connectivity index is 2.62. The van der Waals surface area contributed by atoms with Crippen molar-refractivity contribution in [3.8, 4) is 17.1 Å². The summed E-state index contributed by atoms with van der Waals surface area (Å²) in [7, 11) is 5.88. The van der Waals surface area contributed by atoms with Gasteiger partial charge in [0.2, 0.25) is 0 Å². The number of hydrogen-bond donors (Lipinski definition) is 1. The predicted molar refractivity (Wildman–Crippen MR) is 118 cm³/mol. The zero-order valence-electron chi connectivity index (χ0n) is 18.6. The van der Waals surface area contributed by atoms with Crippen molar-refractivity contribution in [2.75, 3.05) is 31.4 Å². The molecule has 2 heterocycles. The van der Waals surface area contributed by atoms with Crippen molar-refractivity contribution in [3.05, 3.63) is 23.5 Å². The first-order chi connectivity index (χ1) is 13.4. The summed E-state index contributed by atoms with van der Waals surface area (Å²) in [4.78, 5) is 16.7. The second-order valence-electron chi connectivity index (χ2n) is 7.49. The minimum absolute atomic E-state index is 0.140. The Kier molecular flexibility index (Phi) is 7.61. The molecule has 0 aliphatic heterocycles. The molecule has 154 valence electrons. The van der Waals surface area contributed by atoms with Gasteiger partial charge in [-0.05, 0) is 37.3 Å². The molecule has 0 saturated heterocycles. The van der Waals surface area contributed by atoms with Gasteiger partial charge in [0, 0.05) is 32.4 Å². The predicted octanol–water partition coefficient (Wildman–Crippen LogP) is 4.90. The summed E-state index contributed by atoms with van der Waals surface area (Å²) in [5.41, 5.74) is 3.84. The van der Waals surface area contributed by atoms with E-state index in [0.717, 1.165) is 47.7 Å². The number of nitrogens with zero attached hydrogens (tertiary/aromatic N) is 4. The SMILES string of the molecule is CCc1nc(OC(CC)CC)c(NC)nc1-c1ccc(C(C)C)nc1N(C)C. The van der Waals surface area contributed by atoms with Crippen molar-refractivity contribution in [1.29, 1.82) is 0 Å². The van der Waals surface area contributed by atoms with Crippen LogP contribution in [0.3, 0.4) is 0 Å². The third kappa shape index (κ3) is 4.72. The summed E-state index contributed by atoms with van der Waals surface area (Å²) in [6.45, 7) is 10.7. The Bertz CT molecular complexity index is 785. The largest absolute Gasteiger partial charge is 0.472 e. The van der Waals surface area contributed by atoms with Gasteiger partial charge in [-0.2, -0.15) is 0 Å². The van der Waals surface area contributed by atoms with Crippen molar-refractivity contribution >= 4 is 11.6 Å². The number of ether oxygens (including phenoxy) is 1. The lowest BCUT2D eigenvalue weighted by Gasteiger charge is -2.21. The number of pyridine rings is 1. The van der Waals surface area contributed by atoms with E-state index in [9.17, 15) is 0 Å². The molecule has 6 heteroatoms. The Morgan fingerprint density at radius 3 is 2.21 bits per heavy atom. The molecular weight excluding hydrogens is 350 g/mol. The minimum atomic E-state index is 0.140. The number of rotatable bonds is 9. The molecule has 6 nitrogen and oxygen atoms in total. The molecule has 0 radical (unpaired) electrons. The molecular formula is C22H35N5O. The van der Waals surface area contributed by atoms with Gasteiger partial charge in [0.1, 0.15) is 11.9 Å². The Labute approximate surface area is 169 Å². The van der Waals surface area contributed by atoms with Crippen molar-refractivity contribution < 1.29 is 4.74 Å². The van der Waals surface area contributed by atoms with Gasteiger partial charge in [-0.1, -0.05) is 34.6 Å². The fourth-order valence-electron chi connectivity index (χ4n) is 3.08. The van der Waals surface area contributed by atoms with Gasteiger partial charge in [0.05, 0.1) is 11.4 Å². The zero-order valence-corrected chi connectivity index (χ0v) is 18.6. The van der Waals surface area contributed by atoms with E-state index >= 15 is 0 Å². The van der Waals surface area contributed by atoms with Gasteiger partial charge in [0.15, 0.2) is 5.82 Å². The molecule has 0 aromatic carbocycles. The molecule has 28 heavy (non-hydrogen) atoms. The highest BCUT2D eigenvalue weighted by Crippen LogP contribution is 2.34. The normalized spacial score (nSPS) is 11.2. The number of hydrogen-bond acceptors (Lipinski definition) is 6. The number of anilines is 2. The van der Waals surface area contributed by atoms with Crippen LogP contribution in [0.25, 0.3) is 11.3 Å². The van der Waals surface area contributed by atoms with Crippen LogP contribution in [0, 0.1) is 0 Å². The van der Waals surface area contributed by atoms with E-state index in [0.29, 0.717) is 17.6 Å². The second kappa shape index (κ2) is 9.71. The van der Waals surface area contributed by atoms with Gasteiger partial charge >= 0.3 is 0 Å². The second-order valence-corrected chi connectivity index (χ2v) is 7.49. The summed E-state index contributed by atoms with van der Waals surface area (Å²) < 4.78 is 6.13. The first kappa shape index (κ1) is 21.9. The average molecular weight is 386 g/mol. The van der Waals surface area contributed by atoms with E-state index in [4.69, 9.17) is 19.7 Å². The summed E-state index contributed by atoms with van der Waals surface area (Å²) >= 11 is 0. The van der Waals surface area contributed by atoms with Gasteiger partial charge in [-0.3, -0.25) is 0 Å². The van der Waals surface area contributed by atoms with Gasteiger partial charge in [-0.25, -0.2) is 15.0 Å². The third-order valence-corrected chi connectivity index (χ3v) is 4.86. The molecule has 2 aromatic rings. The van der Waals surface area contributed by atoms with E-state index < -0.39 is 0 Å². The number of aromatic nitrogens is 3. The van der Waals surface area contributed by atoms with E-state index in [1.807, 2.05) is 26.0 Å². The van der Waals surface area contributed by atoms with Gasteiger partial charge in [-0.15, -0.1) is 0 Å². The monoisotopic (exact) mass is 385 g/mol. The van der Waals surface area contributed by atoms with Crippen molar-refractivity contribution in [2.45, 2.75) is 65.9 Å². The summed E-state index contributed by atoms with van der Waals surface area (Å²) in [5.74, 6) is 2.52. The van der Waals surface area contributed by atoms with Crippen LogP contribution in [0.15, 0.2) is 12.1 Å². The van der Waals surface area contributed by atoms with Crippen LogP contribution in [0.1, 0.15) is 64.8 Å². The standard InChI is InChI=1S/C22H35N5O/c1-9-15(10-2)28-22-20(23-6)26-19(17(11-3)25-22)16-12-13-18(14(4)5)24-21(16)27(7)8/h12-15H,9-11H2,1-8H3,(H,23,26). The fourth-order valence-corrected chi connectivity index (χ4v) is 3.08. The first-order valence-electron chi connectivity index (χ1n) is 10.3. The van der Waals surface area contributed by atoms with Crippen LogP contribution in [0.2, 0.25) is 0 Å². The summed E-state index contributed by atoms with van der Waals surface area (Å²) in [6, 6.07) is 4.20. The average Bonchev–Trinajstić information content (AvgIpc) is 2.70. The lowest BCUT2D eigenvalue weighted by atomic mass is 10.0. The van der Waals surface area contributed by atoms with Crippen LogP contribution in [0.5, 0.6) is 5.88 Å². The molecule has 0 atom stereocenters. The van der Waals surface area contributed by atoms with Crippen LogP contribution in [0.4, 0.5) is 11.6 Å². The lowest BCUT2D eigenvalue weighted by Crippen LogP contribution is -2.18. The van der Waals surface area contributed by atoms with Crippen LogP contribution >= 0.6 is 0 Å². The molecule has 2 rings (SSSR count). The van der Waals surface area contributed by atoms with Crippen molar-refractivity contribution in [3.63, 3.8) is 0 Å². The first-order valence-corrected chi connectivity index (χ1v) is 10.3. The quantitative estimate of drug-likeness (QED) is 0.662. The number of nitrogens with one attached hydrogen (secondary N) is 1. The molecule has 0 fully saturated rings. The maximum atomic E-state index is 6.13. The lowest BCUT2D eigenvalue weighted by molar-refractivity contribution is 0.185. The zero-order chi connectivity index (χ0) is 20.8. The summed E-state index contributed by atoms with van der Waals surface area (Å²) in [6.07, 6.45) is 2.79. The molecule has 0 unspecified atom stereocenters. The Morgan fingerprint density at radius 1 is 1.04 bits per heavy atom. The van der Waals surface area contributed by atoms with E-state index in [1.54, 1.807) is 0 Å². The van der Waals surface area contributed by atoms with Crippen LogP contribution in [-0.4, -0.2) is 42.2 Å². The maximum Gasteiger partial charge on any atom is 0.257 e. The van der Waals surface area contributed by atoms with E-state index in [2.05, 4.69) is 52.1 Å². The highest BCUT2D eigenvalue weighted by atomic mass is 16.5. The maximum absolute atomic E-state index is 6.13. The van der Waals surface area contributed by atoms with Crippen LogP contribution in [-0.2, 0) is 6.42 Å². The van der Waals surface area contributed by atoms with Crippen molar-refractivity contribution in [2.24, 2.45) is 0 Å². The molecule has 0 spiro atoms. The van der Waals surface area contributed by atoms with Gasteiger partial charge < -0.3 is 15.0 Å². The van der Waals surface area contributed by atoms with E-state index in [-0.39, 0.29) is 6.10 Å². The minimum Gasteiger partial charge on any atom is -0.472 e. The fraction of sp³-hybridized carbons (Fsp3) is 0.591.